The van der Waals surface area contributed by atoms with Gasteiger partial charge in [0.05, 0.1) is 10.9 Å². The molecule has 4 rings (SSSR count). The van der Waals surface area contributed by atoms with Crippen LogP contribution in [0.15, 0.2) is 35.1 Å². The second-order valence-electron chi connectivity index (χ2n) is 7.26. The Balaban J connectivity index is 1.94. The van der Waals surface area contributed by atoms with Crippen molar-refractivity contribution in [2.24, 2.45) is 0 Å². The number of aromatic amines is 1. The topological polar surface area (TPSA) is 53.9 Å². The first-order valence-corrected chi connectivity index (χ1v) is 10.1. The summed E-state index contributed by atoms with van der Waals surface area (Å²) in [7, 11) is 4.16. The van der Waals surface area contributed by atoms with Gasteiger partial charge in [0, 0.05) is 33.9 Å². The first-order valence-electron chi connectivity index (χ1n) is 9.24. The zero-order chi connectivity index (χ0) is 19.1. The summed E-state index contributed by atoms with van der Waals surface area (Å²) in [6.45, 7) is 5.66. The minimum absolute atomic E-state index is 0.0442. The molecule has 0 fully saturated rings. The Morgan fingerprint density at radius 3 is 2.78 bits per heavy atom. The van der Waals surface area contributed by atoms with Gasteiger partial charge < -0.3 is 9.47 Å². The van der Waals surface area contributed by atoms with Crippen LogP contribution in [0, 0.1) is 6.92 Å². The highest BCUT2D eigenvalue weighted by Gasteiger charge is 2.16. The molecule has 0 saturated heterocycles. The Bertz CT molecular complexity index is 1180. The number of H-pyrrole nitrogens is 1. The summed E-state index contributed by atoms with van der Waals surface area (Å²) in [6.07, 6.45) is 0.915. The zero-order valence-corrected chi connectivity index (χ0v) is 17.0. The Hall–Kier alpha value is -2.44. The molecule has 0 aliphatic carbocycles. The normalized spacial score (nSPS) is 11.9. The van der Waals surface area contributed by atoms with E-state index in [0.29, 0.717) is 11.9 Å². The minimum Gasteiger partial charge on any atom is -0.308 e. The van der Waals surface area contributed by atoms with Crippen LogP contribution in [0.25, 0.3) is 32.2 Å². The lowest BCUT2D eigenvalue weighted by molar-refractivity contribution is 0.406. The van der Waals surface area contributed by atoms with Crippen LogP contribution in [0.3, 0.4) is 0 Å². The molecule has 3 heterocycles. The van der Waals surface area contributed by atoms with Gasteiger partial charge in [0.15, 0.2) is 0 Å². The van der Waals surface area contributed by atoms with E-state index in [0.717, 1.165) is 35.1 Å². The predicted molar refractivity (Wildman–Crippen MR) is 114 cm³/mol. The number of nitrogens with one attached hydrogen (secondary N) is 1. The zero-order valence-electron chi connectivity index (χ0n) is 16.2. The van der Waals surface area contributed by atoms with Gasteiger partial charge in [-0.3, -0.25) is 9.89 Å². The van der Waals surface area contributed by atoms with Crippen LogP contribution in [0.4, 0.5) is 0 Å². The van der Waals surface area contributed by atoms with E-state index in [1.807, 2.05) is 22.8 Å². The molecular formula is C21H24N4OS. The third-order valence-electron chi connectivity index (χ3n) is 4.81. The number of nitrogens with zero attached hydrogens (tertiary/aromatic N) is 3. The number of aryl methyl sites for hydroxylation is 2. The lowest BCUT2D eigenvalue weighted by Gasteiger charge is -2.11. The van der Waals surface area contributed by atoms with Gasteiger partial charge in [0.2, 0.25) is 0 Å². The van der Waals surface area contributed by atoms with Crippen molar-refractivity contribution in [1.82, 2.24) is 19.7 Å². The van der Waals surface area contributed by atoms with Crippen molar-refractivity contribution < 1.29 is 0 Å². The van der Waals surface area contributed by atoms with Gasteiger partial charge in [-0.15, -0.1) is 11.3 Å². The lowest BCUT2D eigenvalue weighted by atomic mass is 10.1. The summed E-state index contributed by atoms with van der Waals surface area (Å²) in [6, 6.07) is 10.7. The molecule has 4 aromatic rings. The molecule has 0 saturated carbocycles. The Kier molecular flexibility index (Phi) is 4.61. The smallest absolute Gasteiger partial charge is 0.262 e. The number of hydrogen-bond acceptors (Lipinski definition) is 4. The van der Waals surface area contributed by atoms with Crippen molar-refractivity contribution in [2.45, 2.75) is 33.4 Å². The molecule has 0 aliphatic heterocycles. The molecule has 1 N–H and O–H groups in total. The van der Waals surface area contributed by atoms with E-state index in [1.165, 1.54) is 15.3 Å². The van der Waals surface area contributed by atoms with Gasteiger partial charge in [0.1, 0.15) is 5.52 Å². The molecule has 3 aromatic heterocycles. The Morgan fingerprint density at radius 2 is 2.04 bits per heavy atom. The molecule has 5 nitrogen and oxygen atoms in total. The number of thiophene rings is 1. The standard InChI is InChI=1S/C21H24N4OS/c1-5-10-25-17-8-6-14(18-9-7-15(27-18)12-24(3)4)11-16(17)20-19(21(25)26)13(2)22-23-20/h6-9,11H,5,10,12H2,1-4H3,(H,22,23). The van der Waals surface area contributed by atoms with E-state index in [4.69, 9.17) is 0 Å². The first-order chi connectivity index (χ1) is 13.0. The van der Waals surface area contributed by atoms with Gasteiger partial charge in [-0.05, 0) is 57.3 Å². The monoisotopic (exact) mass is 380 g/mol. The van der Waals surface area contributed by atoms with Crippen molar-refractivity contribution in [3.63, 3.8) is 0 Å². The summed E-state index contributed by atoms with van der Waals surface area (Å²) in [4.78, 5) is 17.7. The fourth-order valence-electron chi connectivity index (χ4n) is 3.62. The van der Waals surface area contributed by atoms with Crippen LogP contribution < -0.4 is 5.56 Å². The molecule has 1 aromatic carbocycles. The van der Waals surface area contributed by atoms with Crippen LogP contribution in [-0.2, 0) is 13.1 Å². The van der Waals surface area contributed by atoms with E-state index in [1.54, 1.807) is 0 Å². The average molecular weight is 381 g/mol. The summed E-state index contributed by atoms with van der Waals surface area (Å²) in [5, 5.41) is 9.18. The Morgan fingerprint density at radius 1 is 1.22 bits per heavy atom. The van der Waals surface area contributed by atoms with Crippen LogP contribution in [0.1, 0.15) is 23.9 Å². The highest BCUT2D eigenvalue weighted by molar-refractivity contribution is 7.15. The van der Waals surface area contributed by atoms with Crippen LogP contribution in [0.2, 0.25) is 0 Å². The van der Waals surface area contributed by atoms with Crippen molar-refractivity contribution >= 4 is 33.1 Å². The molecule has 0 unspecified atom stereocenters. The van der Waals surface area contributed by atoms with Gasteiger partial charge in [0.25, 0.3) is 5.56 Å². The maximum absolute atomic E-state index is 13.0. The molecule has 140 valence electrons. The maximum Gasteiger partial charge on any atom is 0.262 e. The highest BCUT2D eigenvalue weighted by Crippen LogP contribution is 2.32. The van der Waals surface area contributed by atoms with E-state index in [9.17, 15) is 4.79 Å². The van der Waals surface area contributed by atoms with Crippen molar-refractivity contribution in [2.75, 3.05) is 14.1 Å². The van der Waals surface area contributed by atoms with E-state index in [2.05, 4.69) is 66.4 Å². The van der Waals surface area contributed by atoms with E-state index >= 15 is 0 Å². The summed E-state index contributed by atoms with van der Waals surface area (Å²) in [5.74, 6) is 0. The molecule has 0 atom stereocenters. The van der Waals surface area contributed by atoms with E-state index in [-0.39, 0.29) is 5.56 Å². The third-order valence-corrected chi connectivity index (χ3v) is 5.93. The quantitative estimate of drug-likeness (QED) is 0.559. The molecular weight excluding hydrogens is 356 g/mol. The highest BCUT2D eigenvalue weighted by atomic mass is 32.1. The fraction of sp³-hybridized carbons (Fsp3) is 0.333. The van der Waals surface area contributed by atoms with Crippen LogP contribution in [0.5, 0.6) is 0 Å². The largest absolute Gasteiger partial charge is 0.308 e. The number of rotatable bonds is 5. The predicted octanol–water partition coefficient (Wildman–Crippen LogP) is 4.39. The number of hydrogen-bond donors (Lipinski definition) is 1. The van der Waals surface area contributed by atoms with Gasteiger partial charge >= 0.3 is 0 Å². The van der Waals surface area contributed by atoms with Crippen LogP contribution >= 0.6 is 11.3 Å². The second kappa shape index (κ2) is 6.94. The number of benzene rings is 1. The summed E-state index contributed by atoms with van der Waals surface area (Å²) < 4.78 is 1.88. The lowest BCUT2D eigenvalue weighted by Crippen LogP contribution is -2.20. The SMILES string of the molecule is CCCn1c(=O)c2c(C)[nH]nc2c2cc(-c3ccc(CN(C)C)s3)ccc21. The number of aromatic nitrogens is 3. The fourth-order valence-corrected chi connectivity index (χ4v) is 4.74. The Labute approximate surface area is 162 Å². The van der Waals surface area contributed by atoms with E-state index < -0.39 is 0 Å². The molecule has 6 heteroatoms. The van der Waals surface area contributed by atoms with Crippen molar-refractivity contribution in [3.05, 3.63) is 51.3 Å². The third kappa shape index (κ3) is 3.09. The minimum atomic E-state index is 0.0442. The van der Waals surface area contributed by atoms with Gasteiger partial charge in [-0.25, -0.2) is 0 Å². The van der Waals surface area contributed by atoms with Gasteiger partial charge in [-0.1, -0.05) is 13.0 Å². The maximum atomic E-state index is 13.0. The van der Waals surface area contributed by atoms with Crippen LogP contribution in [-0.4, -0.2) is 33.8 Å². The summed E-state index contributed by atoms with van der Waals surface area (Å²) in [5.41, 5.74) is 3.77. The molecule has 0 amide bonds. The van der Waals surface area contributed by atoms with Crippen molar-refractivity contribution in [3.8, 4) is 10.4 Å². The second-order valence-corrected chi connectivity index (χ2v) is 8.43. The molecule has 0 radical (unpaired) electrons. The summed E-state index contributed by atoms with van der Waals surface area (Å²) >= 11 is 1.81. The number of fused-ring (bicyclic) bond motifs is 3. The first kappa shape index (κ1) is 17.9. The average Bonchev–Trinajstić information content (AvgIpc) is 3.25. The number of pyridine rings is 1. The van der Waals surface area contributed by atoms with Crippen molar-refractivity contribution in [1.29, 1.82) is 0 Å². The molecule has 0 aliphatic rings. The molecule has 0 spiro atoms. The molecule has 27 heavy (non-hydrogen) atoms. The van der Waals surface area contributed by atoms with Gasteiger partial charge in [-0.2, -0.15) is 5.10 Å². The molecule has 0 bridgehead atoms.